The molecule has 0 spiro atoms. The molecule has 0 atom stereocenters. The van der Waals surface area contributed by atoms with Gasteiger partial charge < -0.3 is 15.2 Å². The van der Waals surface area contributed by atoms with Crippen LogP contribution in [0.3, 0.4) is 0 Å². The van der Waals surface area contributed by atoms with Gasteiger partial charge in [0.25, 0.3) is 0 Å². The quantitative estimate of drug-likeness (QED) is 0.663. The lowest BCUT2D eigenvalue weighted by atomic mass is 9.95. The molecular weight excluding hydrogens is 278 g/mol. The highest BCUT2D eigenvalue weighted by molar-refractivity contribution is 5.91. The maximum Gasteiger partial charge on any atom is 0.491 e. The fourth-order valence-corrected chi connectivity index (χ4v) is 2.39. The SMILES string of the molecule is O=C(O)c1cc2c(nc1-n1cnc([N+](=O)[O-])n1)CCCC2. The standard InChI is InChI=1S/C12H11N5O4/c18-11(19)8-5-7-3-1-2-4-9(7)14-10(8)16-6-13-12(15-16)17(20)21/h5-6H,1-4H2,(H,18,19). The summed E-state index contributed by atoms with van der Waals surface area (Å²) in [6, 6.07) is 1.58. The molecule has 0 bridgehead atoms. The van der Waals surface area contributed by atoms with E-state index < -0.39 is 16.8 Å². The number of aryl methyl sites for hydroxylation is 2. The van der Waals surface area contributed by atoms with E-state index in [-0.39, 0.29) is 11.4 Å². The summed E-state index contributed by atoms with van der Waals surface area (Å²) in [5, 5.41) is 23.6. The maximum absolute atomic E-state index is 11.4. The molecule has 0 unspecified atom stereocenters. The van der Waals surface area contributed by atoms with Crippen LogP contribution in [0.15, 0.2) is 12.4 Å². The maximum atomic E-state index is 11.4. The summed E-state index contributed by atoms with van der Waals surface area (Å²) in [6.07, 6.45) is 4.65. The highest BCUT2D eigenvalue weighted by atomic mass is 16.6. The van der Waals surface area contributed by atoms with Crippen LogP contribution >= 0.6 is 0 Å². The predicted molar refractivity (Wildman–Crippen MR) is 69.4 cm³/mol. The third-order valence-electron chi connectivity index (χ3n) is 3.37. The van der Waals surface area contributed by atoms with Crippen molar-refractivity contribution in [1.82, 2.24) is 19.7 Å². The van der Waals surface area contributed by atoms with Gasteiger partial charge in [-0.25, -0.2) is 9.78 Å². The summed E-state index contributed by atoms with van der Waals surface area (Å²) in [5.41, 5.74) is 1.70. The van der Waals surface area contributed by atoms with Crippen LogP contribution in [0.1, 0.15) is 34.5 Å². The van der Waals surface area contributed by atoms with Crippen LogP contribution in [0.4, 0.5) is 5.95 Å². The average Bonchev–Trinajstić information content (AvgIpc) is 2.95. The van der Waals surface area contributed by atoms with Gasteiger partial charge in [0, 0.05) is 10.8 Å². The molecule has 0 fully saturated rings. The van der Waals surface area contributed by atoms with Crippen LogP contribution in [0.25, 0.3) is 5.82 Å². The monoisotopic (exact) mass is 289 g/mol. The predicted octanol–water partition coefficient (Wildman–Crippen LogP) is 1.15. The minimum absolute atomic E-state index is 0.0320. The minimum atomic E-state index is -1.15. The van der Waals surface area contributed by atoms with Crippen molar-refractivity contribution in [2.24, 2.45) is 0 Å². The zero-order chi connectivity index (χ0) is 15.0. The molecule has 0 aromatic carbocycles. The lowest BCUT2D eigenvalue weighted by Crippen LogP contribution is -2.14. The molecule has 0 aliphatic heterocycles. The number of pyridine rings is 1. The van der Waals surface area contributed by atoms with Gasteiger partial charge in [-0.3, -0.25) is 0 Å². The lowest BCUT2D eigenvalue weighted by molar-refractivity contribution is -0.394. The van der Waals surface area contributed by atoms with Crippen molar-refractivity contribution >= 4 is 11.9 Å². The van der Waals surface area contributed by atoms with Crippen LogP contribution in [0.2, 0.25) is 0 Å². The van der Waals surface area contributed by atoms with Crippen molar-refractivity contribution in [3.05, 3.63) is 39.3 Å². The number of carboxylic acids is 1. The molecular formula is C12H11N5O4. The summed E-state index contributed by atoms with van der Waals surface area (Å²) < 4.78 is 1.04. The molecule has 0 amide bonds. The Balaban J connectivity index is 2.15. The van der Waals surface area contributed by atoms with Gasteiger partial charge in [0.15, 0.2) is 5.82 Å². The molecule has 0 saturated heterocycles. The first-order valence-electron chi connectivity index (χ1n) is 6.39. The highest BCUT2D eigenvalue weighted by Crippen LogP contribution is 2.24. The van der Waals surface area contributed by atoms with Gasteiger partial charge in [-0.05, 0) is 42.2 Å². The Hall–Kier alpha value is -2.84. The number of rotatable bonds is 3. The molecule has 2 aromatic rings. The Bertz CT molecular complexity index is 739. The highest BCUT2D eigenvalue weighted by Gasteiger charge is 2.24. The first-order valence-corrected chi connectivity index (χ1v) is 6.39. The van der Waals surface area contributed by atoms with Crippen LogP contribution in [0, 0.1) is 10.1 Å². The number of carbonyl (C=O) groups is 1. The van der Waals surface area contributed by atoms with Gasteiger partial charge >= 0.3 is 11.9 Å². The van der Waals surface area contributed by atoms with E-state index >= 15 is 0 Å². The Morgan fingerprint density at radius 2 is 2.14 bits per heavy atom. The second-order valence-electron chi connectivity index (χ2n) is 4.72. The Morgan fingerprint density at radius 1 is 1.38 bits per heavy atom. The van der Waals surface area contributed by atoms with Gasteiger partial charge in [0.1, 0.15) is 5.56 Å². The van der Waals surface area contributed by atoms with Crippen LogP contribution < -0.4 is 0 Å². The van der Waals surface area contributed by atoms with Crippen molar-refractivity contribution < 1.29 is 14.8 Å². The second-order valence-corrected chi connectivity index (χ2v) is 4.72. The lowest BCUT2D eigenvalue weighted by Gasteiger charge is -2.16. The molecule has 1 aliphatic rings. The largest absolute Gasteiger partial charge is 0.491 e. The average molecular weight is 289 g/mol. The Labute approximate surface area is 118 Å². The zero-order valence-corrected chi connectivity index (χ0v) is 10.9. The molecule has 0 radical (unpaired) electrons. The van der Waals surface area contributed by atoms with Gasteiger partial charge in [-0.1, -0.05) is 4.98 Å². The van der Waals surface area contributed by atoms with E-state index in [9.17, 15) is 20.0 Å². The van der Waals surface area contributed by atoms with Gasteiger partial charge in [-0.15, -0.1) is 4.68 Å². The molecule has 108 valence electrons. The van der Waals surface area contributed by atoms with Crippen molar-refractivity contribution in [2.45, 2.75) is 25.7 Å². The van der Waals surface area contributed by atoms with E-state index in [1.807, 2.05) is 0 Å². The molecule has 1 aliphatic carbocycles. The molecule has 9 heteroatoms. The number of aromatic carboxylic acids is 1. The molecule has 0 saturated carbocycles. The topological polar surface area (TPSA) is 124 Å². The van der Waals surface area contributed by atoms with E-state index in [1.54, 1.807) is 6.07 Å². The van der Waals surface area contributed by atoms with E-state index in [1.165, 1.54) is 0 Å². The van der Waals surface area contributed by atoms with Crippen LogP contribution in [-0.2, 0) is 12.8 Å². The molecule has 3 rings (SSSR count). The second kappa shape index (κ2) is 4.93. The number of carboxylic acid groups (broad SMARTS) is 1. The summed E-state index contributed by atoms with van der Waals surface area (Å²) >= 11 is 0. The van der Waals surface area contributed by atoms with Crippen molar-refractivity contribution in [2.75, 3.05) is 0 Å². The third kappa shape index (κ3) is 2.33. The van der Waals surface area contributed by atoms with E-state index in [2.05, 4.69) is 15.1 Å². The van der Waals surface area contributed by atoms with Crippen LogP contribution in [-0.4, -0.2) is 35.7 Å². The van der Waals surface area contributed by atoms with Gasteiger partial charge in [0.05, 0.1) is 0 Å². The summed E-state index contributed by atoms with van der Waals surface area (Å²) in [7, 11) is 0. The zero-order valence-electron chi connectivity index (χ0n) is 10.9. The first kappa shape index (κ1) is 13.2. The van der Waals surface area contributed by atoms with Gasteiger partial charge in [0.2, 0.25) is 6.33 Å². The molecule has 2 heterocycles. The fourth-order valence-electron chi connectivity index (χ4n) is 2.39. The number of hydrogen-bond acceptors (Lipinski definition) is 6. The normalized spacial score (nSPS) is 13.7. The van der Waals surface area contributed by atoms with Crippen molar-refractivity contribution in [3.8, 4) is 5.82 Å². The fraction of sp³-hybridized carbons (Fsp3) is 0.333. The minimum Gasteiger partial charge on any atom is -0.478 e. The number of hydrogen-bond donors (Lipinski definition) is 1. The first-order chi connectivity index (χ1) is 10.1. The molecule has 1 N–H and O–H groups in total. The summed E-state index contributed by atoms with van der Waals surface area (Å²) in [5.74, 6) is -1.68. The Morgan fingerprint density at radius 3 is 2.81 bits per heavy atom. The Kier molecular flexibility index (Phi) is 3.09. The van der Waals surface area contributed by atoms with Crippen molar-refractivity contribution in [3.63, 3.8) is 0 Å². The molecule has 9 nitrogen and oxygen atoms in total. The van der Waals surface area contributed by atoms with E-state index in [0.717, 1.165) is 47.9 Å². The van der Waals surface area contributed by atoms with Crippen LogP contribution in [0.5, 0.6) is 0 Å². The van der Waals surface area contributed by atoms with Crippen molar-refractivity contribution in [1.29, 1.82) is 0 Å². The summed E-state index contributed by atoms with van der Waals surface area (Å²) in [4.78, 5) is 29.1. The molecule has 21 heavy (non-hydrogen) atoms. The summed E-state index contributed by atoms with van der Waals surface area (Å²) in [6.45, 7) is 0. The molecule has 2 aromatic heterocycles. The number of nitrogens with zero attached hydrogens (tertiary/aromatic N) is 5. The van der Waals surface area contributed by atoms with E-state index in [0.29, 0.717) is 0 Å². The number of fused-ring (bicyclic) bond motifs is 1. The van der Waals surface area contributed by atoms with E-state index in [4.69, 9.17) is 0 Å². The third-order valence-corrected chi connectivity index (χ3v) is 3.37. The smallest absolute Gasteiger partial charge is 0.478 e. The van der Waals surface area contributed by atoms with Gasteiger partial charge in [-0.2, -0.15) is 0 Å². The number of nitro groups is 1. The number of aromatic nitrogens is 4.